The summed E-state index contributed by atoms with van der Waals surface area (Å²) >= 11 is 5.38. The molecule has 0 fully saturated rings. The van der Waals surface area contributed by atoms with Crippen molar-refractivity contribution < 1.29 is 14.3 Å². The second-order valence-corrected chi connectivity index (χ2v) is 7.86. The van der Waals surface area contributed by atoms with Crippen LogP contribution in [-0.4, -0.2) is 34.9 Å². The number of amides is 1. The van der Waals surface area contributed by atoms with Gasteiger partial charge in [0.1, 0.15) is 0 Å². The largest absolute Gasteiger partial charge is 0.493 e. The number of aromatic nitrogens is 3. The summed E-state index contributed by atoms with van der Waals surface area (Å²) < 4.78 is 13.1. The molecular weight excluding hydrogens is 412 g/mol. The SMILES string of the molecule is COc1cc(C)c(C(C)NC(=O)CCn2c(-c3cccc(C)c3)n[nH]c2=S)cc1OC. The van der Waals surface area contributed by atoms with Crippen molar-refractivity contribution in [3.8, 4) is 22.9 Å². The van der Waals surface area contributed by atoms with E-state index >= 15 is 0 Å². The lowest BCUT2D eigenvalue weighted by Gasteiger charge is -2.19. The maximum atomic E-state index is 12.7. The fourth-order valence-corrected chi connectivity index (χ4v) is 3.82. The molecule has 2 N–H and O–H groups in total. The Morgan fingerprint density at radius 1 is 1.19 bits per heavy atom. The van der Waals surface area contributed by atoms with Gasteiger partial charge in [-0.05, 0) is 62.3 Å². The third-order valence-corrected chi connectivity index (χ3v) is 5.52. The van der Waals surface area contributed by atoms with E-state index in [2.05, 4.69) is 15.5 Å². The number of rotatable bonds is 8. The van der Waals surface area contributed by atoms with Gasteiger partial charge in [0, 0.05) is 18.5 Å². The number of methoxy groups -OCH3 is 2. The summed E-state index contributed by atoms with van der Waals surface area (Å²) in [6.45, 7) is 6.40. The predicted octanol–water partition coefficient (Wildman–Crippen LogP) is 4.51. The molecule has 0 saturated carbocycles. The minimum Gasteiger partial charge on any atom is -0.493 e. The summed E-state index contributed by atoms with van der Waals surface area (Å²) in [5.41, 5.74) is 4.09. The number of nitrogens with one attached hydrogen (secondary N) is 2. The van der Waals surface area contributed by atoms with E-state index in [-0.39, 0.29) is 18.4 Å². The Kier molecular flexibility index (Phi) is 7.12. The second kappa shape index (κ2) is 9.78. The molecule has 7 nitrogen and oxygen atoms in total. The molecule has 0 bridgehead atoms. The number of carbonyl (C=O) groups excluding carboxylic acids is 1. The third kappa shape index (κ3) is 5.14. The molecule has 1 aromatic heterocycles. The number of nitrogens with zero attached hydrogens (tertiary/aromatic N) is 2. The molecular formula is C23H28N4O3S. The van der Waals surface area contributed by atoms with Crippen LogP contribution < -0.4 is 14.8 Å². The van der Waals surface area contributed by atoms with Crippen LogP contribution in [0.25, 0.3) is 11.4 Å². The molecule has 0 aliphatic heterocycles. The highest BCUT2D eigenvalue weighted by Gasteiger charge is 2.17. The molecule has 0 aliphatic rings. The molecule has 0 radical (unpaired) electrons. The van der Waals surface area contributed by atoms with E-state index in [0.29, 0.717) is 22.8 Å². The van der Waals surface area contributed by atoms with Crippen LogP contribution in [0.15, 0.2) is 36.4 Å². The Morgan fingerprint density at radius 3 is 2.58 bits per heavy atom. The van der Waals surface area contributed by atoms with Crippen molar-refractivity contribution >= 4 is 18.1 Å². The molecule has 2 aromatic carbocycles. The summed E-state index contributed by atoms with van der Waals surface area (Å²) in [5.74, 6) is 1.96. The number of ether oxygens (including phenoxy) is 2. The van der Waals surface area contributed by atoms with Crippen molar-refractivity contribution in [2.24, 2.45) is 0 Å². The number of aromatic amines is 1. The van der Waals surface area contributed by atoms with Gasteiger partial charge in [-0.2, -0.15) is 5.10 Å². The van der Waals surface area contributed by atoms with Gasteiger partial charge in [0.25, 0.3) is 0 Å². The molecule has 164 valence electrons. The Balaban J connectivity index is 1.70. The molecule has 0 saturated heterocycles. The Morgan fingerprint density at radius 2 is 1.90 bits per heavy atom. The molecule has 3 aromatic rings. The summed E-state index contributed by atoms with van der Waals surface area (Å²) in [6, 6.07) is 11.7. The van der Waals surface area contributed by atoms with Crippen molar-refractivity contribution in [3.63, 3.8) is 0 Å². The van der Waals surface area contributed by atoms with Gasteiger partial charge in [-0.1, -0.05) is 23.8 Å². The van der Waals surface area contributed by atoms with Gasteiger partial charge in [0.15, 0.2) is 22.1 Å². The van der Waals surface area contributed by atoms with Crippen LogP contribution in [0.2, 0.25) is 0 Å². The first-order valence-corrected chi connectivity index (χ1v) is 10.5. The molecule has 0 spiro atoms. The van der Waals surface area contributed by atoms with Crippen LogP contribution in [0.3, 0.4) is 0 Å². The minimum atomic E-state index is -0.180. The molecule has 1 heterocycles. The lowest BCUT2D eigenvalue weighted by atomic mass is 10.0. The van der Waals surface area contributed by atoms with Gasteiger partial charge < -0.3 is 14.8 Å². The normalized spacial score (nSPS) is 11.8. The van der Waals surface area contributed by atoms with E-state index < -0.39 is 0 Å². The number of hydrogen-bond donors (Lipinski definition) is 2. The first-order chi connectivity index (χ1) is 14.8. The van der Waals surface area contributed by atoms with E-state index in [4.69, 9.17) is 21.7 Å². The lowest BCUT2D eigenvalue weighted by Crippen LogP contribution is -2.28. The fraction of sp³-hybridized carbons (Fsp3) is 0.348. The molecule has 0 aliphatic carbocycles. The van der Waals surface area contributed by atoms with Gasteiger partial charge in [-0.3, -0.25) is 14.5 Å². The Hall–Kier alpha value is -3.13. The van der Waals surface area contributed by atoms with Gasteiger partial charge in [0.2, 0.25) is 5.91 Å². The van der Waals surface area contributed by atoms with Crippen LogP contribution in [0.4, 0.5) is 0 Å². The third-order valence-electron chi connectivity index (χ3n) is 5.21. The van der Waals surface area contributed by atoms with E-state index in [9.17, 15) is 4.79 Å². The van der Waals surface area contributed by atoms with Gasteiger partial charge in [-0.25, -0.2) is 0 Å². The van der Waals surface area contributed by atoms with Crippen LogP contribution in [0.5, 0.6) is 11.5 Å². The summed E-state index contributed by atoms with van der Waals surface area (Å²) in [5, 5.41) is 10.2. The summed E-state index contributed by atoms with van der Waals surface area (Å²) in [7, 11) is 3.20. The smallest absolute Gasteiger partial charge is 0.222 e. The second-order valence-electron chi connectivity index (χ2n) is 7.48. The topological polar surface area (TPSA) is 81.2 Å². The summed E-state index contributed by atoms with van der Waals surface area (Å²) in [4.78, 5) is 12.7. The predicted molar refractivity (Wildman–Crippen MR) is 123 cm³/mol. The standard InChI is InChI=1S/C23H28N4O3S/c1-14-7-6-8-17(11-14)22-25-26-23(31)27(22)10-9-21(28)24-16(3)18-13-20(30-5)19(29-4)12-15(18)2/h6-8,11-13,16H,9-10H2,1-5H3,(H,24,28)(H,26,31). The lowest BCUT2D eigenvalue weighted by molar-refractivity contribution is -0.121. The number of carbonyl (C=O) groups is 1. The average molecular weight is 441 g/mol. The van der Waals surface area contributed by atoms with Gasteiger partial charge >= 0.3 is 0 Å². The van der Waals surface area contributed by atoms with Crippen molar-refractivity contribution in [1.29, 1.82) is 0 Å². The summed E-state index contributed by atoms with van der Waals surface area (Å²) in [6.07, 6.45) is 0.281. The number of H-pyrrole nitrogens is 1. The van der Waals surface area contributed by atoms with Crippen LogP contribution in [-0.2, 0) is 11.3 Å². The molecule has 1 unspecified atom stereocenters. The first-order valence-electron chi connectivity index (χ1n) is 10.1. The Labute approximate surface area is 187 Å². The van der Waals surface area contributed by atoms with Crippen molar-refractivity contribution in [2.45, 2.75) is 39.8 Å². The minimum absolute atomic E-state index is 0.0695. The van der Waals surface area contributed by atoms with Crippen LogP contribution >= 0.6 is 12.2 Å². The molecule has 1 atom stereocenters. The number of hydrogen-bond acceptors (Lipinski definition) is 5. The number of aryl methyl sites for hydroxylation is 2. The maximum absolute atomic E-state index is 12.7. The zero-order valence-corrected chi connectivity index (χ0v) is 19.3. The van der Waals surface area contributed by atoms with Crippen LogP contribution in [0, 0.1) is 18.6 Å². The molecule has 3 rings (SSSR count). The highest BCUT2D eigenvalue weighted by Crippen LogP contribution is 2.32. The molecule has 8 heteroatoms. The van der Waals surface area contributed by atoms with E-state index in [1.807, 2.05) is 61.7 Å². The van der Waals surface area contributed by atoms with Crippen molar-refractivity contribution in [2.75, 3.05) is 14.2 Å². The van der Waals surface area contributed by atoms with Crippen molar-refractivity contribution in [1.82, 2.24) is 20.1 Å². The molecule has 31 heavy (non-hydrogen) atoms. The molecule has 1 amide bonds. The highest BCUT2D eigenvalue weighted by atomic mass is 32.1. The monoisotopic (exact) mass is 440 g/mol. The first kappa shape index (κ1) is 22.6. The van der Waals surface area contributed by atoms with Crippen molar-refractivity contribution in [3.05, 3.63) is 57.9 Å². The van der Waals surface area contributed by atoms with Gasteiger partial charge in [0.05, 0.1) is 20.3 Å². The van der Waals surface area contributed by atoms with Crippen LogP contribution in [0.1, 0.15) is 36.1 Å². The zero-order chi connectivity index (χ0) is 22.5. The average Bonchev–Trinajstić information content (AvgIpc) is 3.12. The zero-order valence-electron chi connectivity index (χ0n) is 18.5. The quantitative estimate of drug-likeness (QED) is 0.504. The van der Waals surface area contributed by atoms with E-state index in [1.165, 1.54) is 0 Å². The maximum Gasteiger partial charge on any atom is 0.222 e. The van der Waals surface area contributed by atoms with E-state index in [1.54, 1.807) is 14.2 Å². The number of benzene rings is 2. The fourth-order valence-electron chi connectivity index (χ4n) is 3.60. The van der Waals surface area contributed by atoms with E-state index in [0.717, 1.165) is 28.1 Å². The van der Waals surface area contributed by atoms with Gasteiger partial charge in [-0.15, -0.1) is 0 Å². The highest BCUT2D eigenvalue weighted by molar-refractivity contribution is 7.71. The Bertz CT molecular complexity index is 1140.